The molecule has 5 nitrogen and oxygen atoms in total. The van der Waals surface area contributed by atoms with E-state index in [0.717, 1.165) is 43.8 Å². The van der Waals surface area contributed by atoms with E-state index in [9.17, 15) is 4.79 Å². The maximum absolute atomic E-state index is 12.3. The summed E-state index contributed by atoms with van der Waals surface area (Å²) >= 11 is 0. The lowest BCUT2D eigenvalue weighted by Crippen LogP contribution is -2.57. The van der Waals surface area contributed by atoms with Crippen molar-refractivity contribution in [1.82, 2.24) is 14.8 Å². The van der Waals surface area contributed by atoms with Crippen LogP contribution in [0.4, 0.5) is 0 Å². The topological polar surface area (TPSA) is 45.7 Å². The first-order chi connectivity index (χ1) is 13.0. The molecule has 1 saturated heterocycles. The van der Waals surface area contributed by atoms with E-state index in [-0.39, 0.29) is 11.5 Å². The smallest absolute Gasteiger partial charge is 0.219 e. The Bertz CT molecular complexity index is 824. The van der Waals surface area contributed by atoms with Gasteiger partial charge in [-0.25, -0.2) is 0 Å². The summed E-state index contributed by atoms with van der Waals surface area (Å²) in [6, 6.07) is 10.4. The Morgan fingerprint density at radius 1 is 1.22 bits per heavy atom. The van der Waals surface area contributed by atoms with Gasteiger partial charge in [0, 0.05) is 44.5 Å². The molecule has 1 amide bonds. The van der Waals surface area contributed by atoms with Gasteiger partial charge in [-0.15, -0.1) is 0 Å². The average Bonchev–Trinajstić information content (AvgIpc) is 2.79. The Balaban J connectivity index is 1.61. The maximum Gasteiger partial charge on any atom is 0.219 e. The van der Waals surface area contributed by atoms with Crippen molar-refractivity contribution in [2.45, 2.75) is 45.4 Å². The monoisotopic (exact) mass is 365 g/mol. The van der Waals surface area contributed by atoms with Crippen LogP contribution in [0.15, 0.2) is 42.7 Å². The number of pyridine rings is 1. The zero-order valence-corrected chi connectivity index (χ0v) is 16.1. The number of piperidine rings is 1. The highest BCUT2D eigenvalue weighted by Gasteiger charge is 2.42. The van der Waals surface area contributed by atoms with Crippen LogP contribution in [0.2, 0.25) is 0 Å². The summed E-state index contributed by atoms with van der Waals surface area (Å²) in [4.78, 5) is 20.8. The first-order valence-corrected chi connectivity index (χ1v) is 9.68. The van der Waals surface area contributed by atoms with E-state index >= 15 is 0 Å². The molecule has 1 aromatic heterocycles. The van der Waals surface area contributed by atoms with Crippen LogP contribution in [0, 0.1) is 6.92 Å². The highest BCUT2D eigenvalue weighted by molar-refractivity contribution is 5.73. The van der Waals surface area contributed by atoms with E-state index in [1.54, 1.807) is 6.92 Å². The lowest BCUT2D eigenvalue weighted by atomic mass is 9.91. The Hall–Kier alpha value is -2.40. The van der Waals surface area contributed by atoms with Crippen molar-refractivity contribution >= 4 is 5.91 Å². The fourth-order valence-corrected chi connectivity index (χ4v) is 4.31. The number of carbonyl (C=O) groups excluding carboxylic acids is 1. The summed E-state index contributed by atoms with van der Waals surface area (Å²) in [5, 5.41) is 0. The number of nitrogens with zero attached hydrogens (tertiary/aromatic N) is 3. The maximum atomic E-state index is 12.3. The second-order valence-corrected chi connectivity index (χ2v) is 7.94. The van der Waals surface area contributed by atoms with Gasteiger partial charge in [0.2, 0.25) is 5.91 Å². The molecule has 1 aromatic carbocycles. The van der Waals surface area contributed by atoms with Crippen LogP contribution in [0.1, 0.15) is 36.5 Å². The highest BCUT2D eigenvalue weighted by atomic mass is 16.5. The zero-order valence-electron chi connectivity index (χ0n) is 16.1. The third kappa shape index (κ3) is 3.98. The van der Waals surface area contributed by atoms with Crippen LogP contribution in [0.25, 0.3) is 0 Å². The van der Waals surface area contributed by atoms with Crippen molar-refractivity contribution in [1.29, 1.82) is 0 Å². The molecule has 0 N–H and O–H groups in total. The number of benzene rings is 1. The molecule has 3 heterocycles. The molecule has 1 fully saturated rings. The average molecular weight is 365 g/mol. The van der Waals surface area contributed by atoms with E-state index in [1.807, 2.05) is 17.3 Å². The van der Waals surface area contributed by atoms with Crippen molar-refractivity contribution < 1.29 is 9.53 Å². The molecule has 5 heteroatoms. The van der Waals surface area contributed by atoms with Crippen molar-refractivity contribution in [3.8, 4) is 5.75 Å². The molecule has 142 valence electrons. The first-order valence-electron chi connectivity index (χ1n) is 9.68. The number of rotatable bonds is 2. The highest BCUT2D eigenvalue weighted by Crippen LogP contribution is 2.35. The standard InChI is InChI=1S/C22H27N3O2/c1-17-4-5-21-20(12-17)14-25(18(2)26)16-22(27-21)8-3-11-24(15-22)13-19-6-9-23-10-7-19/h4-7,9-10,12H,3,8,11,13-16H2,1-2H3/t22-/m1/s1. The van der Waals surface area contributed by atoms with Crippen LogP contribution < -0.4 is 4.74 Å². The van der Waals surface area contributed by atoms with E-state index in [0.29, 0.717) is 13.1 Å². The molecule has 2 aliphatic heterocycles. The number of fused-ring (bicyclic) bond motifs is 1. The summed E-state index contributed by atoms with van der Waals surface area (Å²) in [6.07, 6.45) is 5.72. The molecule has 0 aliphatic carbocycles. The molecule has 0 unspecified atom stereocenters. The van der Waals surface area contributed by atoms with E-state index < -0.39 is 0 Å². The summed E-state index contributed by atoms with van der Waals surface area (Å²) in [6.45, 7) is 7.76. The SMILES string of the molecule is CC(=O)N1Cc2cc(C)ccc2O[C@@]2(CCCN(Cc3ccncc3)C2)C1. The number of aryl methyl sites for hydroxylation is 1. The van der Waals surface area contributed by atoms with Crippen molar-refractivity contribution in [3.63, 3.8) is 0 Å². The van der Waals surface area contributed by atoms with Gasteiger partial charge in [0.15, 0.2) is 0 Å². The molecule has 4 rings (SSSR count). The predicted octanol–water partition coefficient (Wildman–Crippen LogP) is 3.17. The summed E-state index contributed by atoms with van der Waals surface area (Å²) in [7, 11) is 0. The Morgan fingerprint density at radius 3 is 2.81 bits per heavy atom. The molecule has 1 spiro atoms. The second kappa shape index (κ2) is 7.31. The van der Waals surface area contributed by atoms with Gasteiger partial charge in [-0.1, -0.05) is 17.7 Å². The number of hydrogen-bond donors (Lipinski definition) is 0. The minimum atomic E-state index is -0.350. The fraction of sp³-hybridized carbons (Fsp3) is 0.455. The van der Waals surface area contributed by atoms with Crippen LogP contribution in [-0.2, 0) is 17.9 Å². The van der Waals surface area contributed by atoms with Gasteiger partial charge in [-0.05, 0) is 50.1 Å². The van der Waals surface area contributed by atoms with Gasteiger partial charge in [-0.3, -0.25) is 14.7 Å². The molecule has 0 saturated carbocycles. The van der Waals surface area contributed by atoms with Gasteiger partial charge < -0.3 is 9.64 Å². The van der Waals surface area contributed by atoms with E-state index in [1.165, 1.54) is 11.1 Å². The Kier molecular flexibility index (Phi) is 4.87. The van der Waals surface area contributed by atoms with Crippen LogP contribution in [0.3, 0.4) is 0 Å². The van der Waals surface area contributed by atoms with E-state index in [4.69, 9.17) is 4.74 Å². The number of ether oxygens (including phenoxy) is 1. The Morgan fingerprint density at radius 2 is 2.04 bits per heavy atom. The van der Waals surface area contributed by atoms with Gasteiger partial charge in [-0.2, -0.15) is 0 Å². The lowest BCUT2D eigenvalue weighted by Gasteiger charge is -2.43. The molecule has 0 bridgehead atoms. The number of aromatic nitrogens is 1. The van der Waals surface area contributed by atoms with Crippen LogP contribution in [-0.4, -0.2) is 45.9 Å². The van der Waals surface area contributed by atoms with Crippen molar-refractivity contribution in [2.24, 2.45) is 0 Å². The normalized spacial score (nSPS) is 22.8. The number of hydrogen-bond acceptors (Lipinski definition) is 4. The summed E-state index contributed by atoms with van der Waals surface area (Å²) in [5.41, 5.74) is 3.21. The van der Waals surface area contributed by atoms with Gasteiger partial charge in [0.1, 0.15) is 11.4 Å². The van der Waals surface area contributed by atoms with Crippen LogP contribution in [0.5, 0.6) is 5.75 Å². The van der Waals surface area contributed by atoms with Crippen molar-refractivity contribution in [2.75, 3.05) is 19.6 Å². The predicted molar refractivity (Wildman–Crippen MR) is 104 cm³/mol. The third-order valence-corrected chi connectivity index (χ3v) is 5.60. The zero-order chi connectivity index (χ0) is 18.9. The molecule has 27 heavy (non-hydrogen) atoms. The summed E-state index contributed by atoms with van der Waals surface area (Å²) < 4.78 is 6.64. The molecule has 0 radical (unpaired) electrons. The quantitative estimate of drug-likeness (QED) is 0.820. The number of amides is 1. The molecule has 2 aromatic rings. The fourth-order valence-electron chi connectivity index (χ4n) is 4.31. The second-order valence-electron chi connectivity index (χ2n) is 7.94. The minimum absolute atomic E-state index is 0.110. The Labute approximate surface area is 161 Å². The van der Waals surface area contributed by atoms with Crippen molar-refractivity contribution in [3.05, 3.63) is 59.4 Å². The van der Waals surface area contributed by atoms with Crippen LogP contribution >= 0.6 is 0 Å². The molecule has 2 aliphatic rings. The third-order valence-electron chi connectivity index (χ3n) is 5.60. The first kappa shape index (κ1) is 18.0. The van der Waals surface area contributed by atoms with Gasteiger partial charge in [0.25, 0.3) is 0 Å². The van der Waals surface area contributed by atoms with Gasteiger partial charge in [0.05, 0.1) is 6.54 Å². The molecular weight excluding hydrogens is 338 g/mol. The van der Waals surface area contributed by atoms with E-state index in [2.05, 4.69) is 47.1 Å². The largest absolute Gasteiger partial charge is 0.484 e. The summed E-state index contributed by atoms with van der Waals surface area (Å²) in [5.74, 6) is 1.04. The lowest BCUT2D eigenvalue weighted by molar-refractivity contribution is -0.133. The number of likely N-dealkylation sites (tertiary alicyclic amines) is 1. The molecule has 1 atom stereocenters. The molecular formula is C22H27N3O2. The minimum Gasteiger partial charge on any atom is -0.484 e. The number of carbonyl (C=O) groups is 1. The van der Waals surface area contributed by atoms with Gasteiger partial charge >= 0.3 is 0 Å².